The van der Waals surface area contributed by atoms with E-state index in [-0.39, 0.29) is 5.82 Å². The van der Waals surface area contributed by atoms with Gasteiger partial charge in [0, 0.05) is 18.5 Å². The number of anilines is 1. The van der Waals surface area contributed by atoms with Gasteiger partial charge in [0.15, 0.2) is 0 Å². The molecule has 2 aromatic rings. The Morgan fingerprint density at radius 2 is 2.21 bits per heavy atom. The molecule has 0 fully saturated rings. The lowest BCUT2D eigenvalue weighted by Crippen LogP contribution is -2.05. The van der Waals surface area contributed by atoms with E-state index >= 15 is 0 Å². The number of benzene rings is 1. The average Bonchev–Trinajstić information content (AvgIpc) is 2.71. The molecule has 0 saturated heterocycles. The highest BCUT2D eigenvalue weighted by molar-refractivity contribution is 5.71. The van der Waals surface area contributed by atoms with Crippen LogP contribution in [0.3, 0.4) is 0 Å². The first-order valence-electron chi connectivity index (χ1n) is 6.30. The Bertz CT molecular complexity index is 614. The average molecular weight is 259 g/mol. The van der Waals surface area contributed by atoms with Gasteiger partial charge in [-0.25, -0.2) is 9.37 Å². The van der Waals surface area contributed by atoms with E-state index in [1.807, 2.05) is 11.5 Å². The van der Waals surface area contributed by atoms with Gasteiger partial charge in [-0.15, -0.1) is 6.58 Å². The summed E-state index contributed by atoms with van der Waals surface area (Å²) in [6, 6.07) is 4.92. The van der Waals surface area contributed by atoms with E-state index < -0.39 is 0 Å². The van der Waals surface area contributed by atoms with Gasteiger partial charge >= 0.3 is 0 Å². The zero-order chi connectivity index (χ0) is 14.0. The minimum atomic E-state index is -0.219. The van der Waals surface area contributed by atoms with Crippen LogP contribution in [-0.4, -0.2) is 9.55 Å². The molecular formula is C15H18FN3. The Morgan fingerprint density at radius 3 is 2.79 bits per heavy atom. The minimum Gasteiger partial charge on any atom is -0.383 e. The number of hydrogen-bond acceptors (Lipinski definition) is 2. The third-order valence-electron chi connectivity index (χ3n) is 3.15. The Balaban J connectivity index is 2.55. The Kier molecular flexibility index (Phi) is 3.69. The fraction of sp³-hybridized carbons (Fsp3) is 0.267. The second-order valence-electron chi connectivity index (χ2n) is 4.48. The maximum atomic E-state index is 13.3. The lowest BCUT2D eigenvalue weighted by molar-refractivity contribution is 0.619. The Hall–Kier alpha value is -2.10. The van der Waals surface area contributed by atoms with Crippen molar-refractivity contribution in [2.24, 2.45) is 0 Å². The molecule has 1 aromatic carbocycles. The van der Waals surface area contributed by atoms with Crippen LogP contribution >= 0.6 is 0 Å². The zero-order valence-electron chi connectivity index (χ0n) is 11.3. The molecule has 0 aliphatic heterocycles. The molecule has 0 atom stereocenters. The number of nitrogens with two attached hydrogens (primary N) is 1. The lowest BCUT2D eigenvalue weighted by atomic mass is 10.1. The summed E-state index contributed by atoms with van der Waals surface area (Å²) in [5, 5.41) is 0. The van der Waals surface area contributed by atoms with Crippen LogP contribution in [0.15, 0.2) is 30.9 Å². The van der Waals surface area contributed by atoms with Gasteiger partial charge in [0.25, 0.3) is 0 Å². The molecule has 0 amide bonds. The number of rotatable bonds is 4. The Labute approximate surface area is 112 Å². The van der Waals surface area contributed by atoms with Crippen molar-refractivity contribution in [3.05, 3.63) is 48.1 Å². The molecule has 2 N–H and O–H groups in total. The van der Waals surface area contributed by atoms with Crippen LogP contribution in [0.5, 0.6) is 0 Å². The van der Waals surface area contributed by atoms with Crippen LogP contribution in [-0.2, 0) is 13.0 Å². The Morgan fingerprint density at radius 1 is 1.47 bits per heavy atom. The van der Waals surface area contributed by atoms with Gasteiger partial charge in [-0.3, -0.25) is 0 Å². The summed E-state index contributed by atoms with van der Waals surface area (Å²) < 4.78 is 15.2. The molecule has 19 heavy (non-hydrogen) atoms. The highest BCUT2D eigenvalue weighted by atomic mass is 19.1. The topological polar surface area (TPSA) is 43.8 Å². The number of imidazole rings is 1. The predicted molar refractivity (Wildman–Crippen MR) is 76.3 cm³/mol. The van der Waals surface area contributed by atoms with Crippen molar-refractivity contribution < 1.29 is 4.39 Å². The minimum absolute atomic E-state index is 0.219. The lowest BCUT2D eigenvalue weighted by Gasteiger charge is -2.05. The zero-order valence-corrected chi connectivity index (χ0v) is 11.3. The van der Waals surface area contributed by atoms with Gasteiger partial charge in [0.1, 0.15) is 23.2 Å². The third-order valence-corrected chi connectivity index (χ3v) is 3.15. The van der Waals surface area contributed by atoms with Crippen molar-refractivity contribution >= 4 is 5.82 Å². The number of aromatic nitrogens is 2. The van der Waals surface area contributed by atoms with Gasteiger partial charge in [-0.05, 0) is 30.7 Å². The highest BCUT2D eigenvalue weighted by Crippen LogP contribution is 2.28. The summed E-state index contributed by atoms with van der Waals surface area (Å²) in [5.41, 5.74) is 8.29. The van der Waals surface area contributed by atoms with E-state index in [0.29, 0.717) is 23.6 Å². The van der Waals surface area contributed by atoms with Crippen LogP contribution in [0.4, 0.5) is 10.2 Å². The van der Waals surface area contributed by atoms with E-state index in [9.17, 15) is 4.39 Å². The summed E-state index contributed by atoms with van der Waals surface area (Å²) in [4.78, 5) is 4.56. The van der Waals surface area contributed by atoms with Crippen molar-refractivity contribution in [2.75, 3.05) is 5.73 Å². The van der Waals surface area contributed by atoms with Crippen molar-refractivity contribution in [3.63, 3.8) is 0 Å². The molecule has 0 aliphatic carbocycles. The molecule has 1 aromatic heterocycles. The molecule has 0 aliphatic rings. The maximum absolute atomic E-state index is 13.3. The number of halogens is 1. The SMILES string of the molecule is C=CCn1c(CC)nc(-c2ccc(F)c(C)c2)c1N. The molecule has 1 heterocycles. The van der Waals surface area contributed by atoms with Crippen molar-refractivity contribution in [3.8, 4) is 11.3 Å². The molecule has 0 bridgehead atoms. The van der Waals surface area contributed by atoms with Crippen LogP contribution in [0.1, 0.15) is 18.3 Å². The number of hydrogen-bond donors (Lipinski definition) is 1. The molecule has 0 radical (unpaired) electrons. The summed E-state index contributed by atoms with van der Waals surface area (Å²) in [7, 11) is 0. The summed E-state index contributed by atoms with van der Waals surface area (Å²) in [5.74, 6) is 1.29. The maximum Gasteiger partial charge on any atom is 0.132 e. The predicted octanol–water partition coefficient (Wildman–Crippen LogP) is 3.33. The first-order valence-corrected chi connectivity index (χ1v) is 6.30. The van der Waals surface area contributed by atoms with Crippen molar-refractivity contribution in [2.45, 2.75) is 26.8 Å². The number of allylic oxidation sites excluding steroid dienone is 1. The second kappa shape index (κ2) is 5.26. The quantitative estimate of drug-likeness (QED) is 0.856. The fourth-order valence-corrected chi connectivity index (χ4v) is 2.12. The standard InChI is InChI=1S/C15H18FN3/c1-4-8-19-13(5-2)18-14(15(19)17)11-6-7-12(16)10(3)9-11/h4,6-7,9H,1,5,8,17H2,2-3H3. The first kappa shape index (κ1) is 13.3. The van der Waals surface area contributed by atoms with Crippen LogP contribution in [0.2, 0.25) is 0 Å². The summed E-state index contributed by atoms with van der Waals surface area (Å²) >= 11 is 0. The molecule has 100 valence electrons. The van der Waals surface area contributed by atoms with Crippen molar-refractivity contribution in [1.82, 2.24) is 9.55 Å². The molecule has 0 unspecified atom stereocenters. The largest absolute Gasteiger partial charge is 0.383 e. The van der Waals surface area contributed by atoms with Crippen molar-refractivity contribution in [1.29, 1.82) is 0 Å². The number of aryl methyl sites for hydroxylation is 2. The highest BCUT2D eigenvalue weighted by Gasteiger charge is 2.15. The van der Waals surface area contributed by atoms with E-state index in [4.69, 9.17) is 5.73 Å². The number of nitrogens with zero attached hydrogens (tertiary/aromatic N) is 2. The van der Waals surface area contributed by atoms with E-state index in [2.05, 4.69) is 11.6 Å². The molecule has 0 spiro atoms. The number of nitrogen functional groups attached to an aromatic ring is 1. The second-order valence-corrected chi connectivity index (χ2v) is 4.48. The van der Waals surface area contributed by atoms with E-state index in [1.165, 1.54) is 6.07 Å². The third kappa shape index (κ3) is 2.38. The van der Waals surface area contributed by atoms with Gasteiger partial charge in [0.2, 0.25) is 0 Å². The molecule has 2 rings (SSSR count). The summed E-state index contributed by atoms with van der Waals surface area (Å²) in [6.07, 6.45) is 2.58. The normalized spacial score (nSPS) is 10.7. The molecular weight excluding hydrogens is 241 g/mol. The van der Waals surface area contributed by atoms with Crippen LogP contribution < -0.4 is 5.73 Å². The first-order chi connectivity index (χ1) is 9.08. The molecule has 0 saturated carbocycles. The van der Waals surface area contributed by atoms with Gasteiger partial charge in [-0.1, -0.05) is 13.0 Å². The molecule has 4 heteroatoms. The smallest absolute Gasteiger partial charge is 0.132 e. The fourth-order valence-electron chi connectivity index (χ4n) is 2.12. The summed E-state index contributed by atoms with van der Waals surface area (Å²) in [6.45, 7) is 8.12. The van der Waals surface area contributed by atoms with Gasteiger partial charge < -0.3 is 10.3 Å². The molecule has 3 nitrogen and oxygen atoms in total. The van der Waals surface area contributed by atoms with E-state index in [1.54, 1.807) is 25.1 Å². The van der Waals surface area contributed by atoms with Gasteiger partial charge in [-0.2, -0.15) is 0 Å². The van der Waals surface area contributed by atoms with Crippen LogP contribution in [0, 0.1) is 12.7 Å². The van der Waals surface area contributed by atoms with E-state index in [0.717, 1.165) is 17.8 Å². The van der Waals surface area contributed by atoms with Crippen LogP contribution in [0.25, 0.3) is 11.3 Å². The van der Waals surface area contributed by atoms with Gasteiger partial charge in [0.05, 0.1) is 0 Å². The monoisotopic (exact) mass is 259 g/mol.